The van der Waals surface area contributed by atoms with Crippen LogP contribution in [0, 0.1) is 11.8 Å². The summed E-state index contributed by atoms with van der Waals surface area (Å²) in [5.41, 5.74) is 2.30. The molecule has 146 valence electrons. The van der Waals surface area contributed by atoms with Crippen molar-refractivity contribution in [1.82, 2.24) is 5.32 Å². The Labute approximate surface area is 164 Å². The van der Waals surface area contributed by atoms with E-state index in [0.717, 1.165) is 11.3 Å². The molecule has 2 aromatic carbocycles. The second kappa shape index (κ2) is 8.69. The van der Waals surface area contributed by atoms with Gasteiger partial charge in [-0.2, -0.15) is 0 Å². The molecule has 2 atom stereocenters. The summed E-state index contributed by atoms with van der Waals surface area (Å²) < 4.78 is 5.19. The number of Topliss-reactive ketones (excluding diaryl/α,β-unsaturated/α-hetero) is 1. The Morgan fingerprint density at radius 3 is 2.43 bits per heavy atom. The van der Waals surface area contributed by atoms with Gasteiger partial charge in [-0.15, -0.1) is 0 Å². The van der Waals surface area contributed by atoms with Crippen LogP contribution in [0.2, 0.25) is 0 Å². The lowest BCUT2D eigenvalue weighted by Gasteiger charge is -2.07. The van der Waals surface area contributed by atoms with Gasteiger partial charge < -0.3 is 15.4 Å². The number of hydrogen-bond donors (Lipinski definition) is 2. The first-order valence-electron chi connectivity index (χ1n) is 9.30. The van der Waals surface area contributed by atoms with Gasteiger partial charge in [0.15, 0.2) is 5.78 Å². The Hall–Kier alpha value is -3.15. The zero-order chi connectivity index (χ0) is 20.1. The molecule has 2 unspecified atom stereocenters. The van der Waals surface area contributed by atoms with Crippen molar-refractivity contribution in [3.8, 4) is 5.75 Å². The van der Waals surface area contributed by atoms with Crippen molar-refractivity contribution < 1.29 is 19.1 Å². The van der Waals surface area contributed by atoms with Gasteiger partial charge in [0.05, 0.1) is 18.9 Å². The zero-order valence-corrected chi connectivity index (χ0v) is 16.0. The number of ether oxygens (including phenoxy) is 1. The van der Waals surface area contributed by atoms with E-state index in [1.807, 2.05) is 24.3 Å². The van der Waals surface area contributed by atoms with Crippen LogP contribution in [-0.2, 0) is 16.0 Å². The number of benzene rings is 2. The summed E-state index contributed by atoms with van der Waals surface area (Å²) in [7, 11) is 1.62. The number of nitrogens with one attached hydrogen (secondary N) is 2. The number of carbonyl (C=O) groups is 3. The summed E-state index contributed by atoms with van der Waals surface area (Å²) in [6.45, 7) is 2.01. The third-order valence-electron chi connectivity index (χ3n) is 4.87. The lowest BCUT2D eigenvalue weighted by atomic mass is 10.1. The molecule has 1 fully saturated rings. The van der Waals surface area contributed by atoms with Gasteiger partial charge in [0.1, 0.15) is 5.75 Å². The number of ketones is 1. The molecule has 2 N–H and O–H groups in total. The highest BCUT2D eigenvalue weighted by Crippen LogP contribution is 2.39. The second-order valence-electron chi connectivity index (χ2n) is 6.96. The minimum absolute atomic E-state index is 0.0225. The highest BCUT2D eigenvalue weighted by atomic mass is 16.5. The largest absolute Gasteiger partial charge is 0.497 e. The van der Waals surface area contributed by atoms with E-state index in [1.54, 1.807) is 31.4 Å². The highest BCUT2D eigenvalue weighted by Gasteiger charge is 2.47. The van der Waals surface area contributed by atoms with Crippen molar-refractivity contribution in [2.45, 2.75) is 19.8 Å². The van der Waals surface area contributed by atoms with Crippen LogP contribution in [0.1, 0.15) is 29.3 Å². The fraction of sp³-hybridized carbons (Fsp3) is 0.318. The molecular formula is C22H24N2O4. The van der Waals surface area contributed by atoms with Gasteiger partial charge in [0.2, 0.25) is 11.8 Å². The monoisotopic (exact) mass is 380 g/mol. The third kappa shape index (κ3) is 4.97. The van der Waals surface area contributed by atoms with E-state index in [1.165, 1.54) is 6.92 Å². The molecule has 0 aliphatic heterocycles. The first-order valence-corrected chi connectivity index (χ1v) is 9.30. The Kier molecular flexibility index (Phi) is 6.09. The van der Waals surface area contributed by atoms with Gasteiger partial charge >= 0.3 is 0 Å². The first kappa shape index (κ1) is 19.6. The standard InChI is InChI=1S/C22H24N2O4/c1-14(25)16-6-8-17(9-7-16)24-22(27)20-13-19(20)21(26)23-11-10-15-4-3-5-18(12-15)28-2/h3-9,12,19-20H,10-11,13H2,1-2H3,(H,23,26)(H,24,27). The van der Waals surface area contributed by atoms with Crippen LogP contribution >= 0.6 is 0 Å². The van der Waals surface area contributed by atoms with Gasteiger partial charge in [-0.1, -0.05) is 12.1 Å². The molecule has 0 spiro atoms. The number of anilines is 1. The van der Waals surface area contributed by atoms with E-state index in [4.69, 9.17) is 4.74 Å². The number of hydrogen-bond acceptors (Lipinski definition) is 4. The summed E-state index contributed by atoms with van der Waals surface area (Å²) in [6.07, 6.45) is 1.26. The molecule has 1 aliphatic rings. The molecule has 2 aromatic rings. The van der Waals surface area contributed by atoms with Crippen LogP contribution in [0.4, 0.5) is 5.69 Å². The summed E-state index contributed by atoms with van der Waals surface area (Å²) in [6, 6.07) is 14.5. The smallest absolute Gasteiger partial charge is 0.228 e. The maximum atomic E-state index is 12.3. The van der Waals surface area contributed by atoms with Crippen molar-refractivity contribution in [2.75, 3.05) is 19.0 Å². The average Bonchev–Trinajstić information content (AvgIpc) is 3.49. The number of rotatable bonds is 8. The normalized spacial score (nSPS) is 17.5. The molecular weight excluding hydrogens is 356 g/mol. The van der Waals surface area contributed by atoms with Gasteiger partial charge in [0, 0.05) is 17.8 Å². The summed E-state index contributed by atoms with van der Waals surface area (Å²) >= 11 is 0. The third-order valence-corrected chi connectivity index (χ3v) is 4.87. The van der Waals surface area contributed by atoms with E-state index < -0.39 is 0 Å². The molecule has 6 heteroatoms. The predicted octanol–water partition coefficient (Wildman–Crippen LogP) is 2.83. The van der Waals surface area contributed by atoms with E-state index in [9.17, 15) is 14.4 Å². The maximum Gasteiger partial charge on any atom is 0.228 e. The molecule has 0 bridgehead atoms. The molecule has 6 nitrogen and oxygen atoms in total. The van der Waals surface area contributed by atoms with Crippen molar-refractivity contribution >= 4 is 23.3 Å². The molecule has 1 aliphatic carbocycles. The Morgan fingerprint density at radius 1 is 1.04 bits per heavy atom. The summed E-state index contributed by atoms with van der Waals surface area (Å²) in [5.74, 6) is -0.0607. The minimum atomic E-state index is -0.302. The maximum absolute atomic E-state index is 12.3. The van der Waals surface area contributed by atoms with Crippen molar-refractivity contribution in [3.63, 3.8) is 0 Å². The Balaban J connectivity index is 1.43. The predicted molar refractivity (Wildman–Crippen MR) is 106 cm³/mol. The fourth-order valence-corrected chi connectivity index (χ4v) is 3.09. The van der Waals surface area contributed by atoms with E-state index in [0.29, 0.717) is 30.6 Å². The average molecular weight is 380 g/mol. The quantitative estimate of drug-likeness (QED) is 0.690. The van der Waals surface area contributed by atoms with Gasteiger partial charge in [-0.05, 0) is 61.7 Å². The van der Waals surface area contributed by atoms with Crippen LogP contribution < -0.4 is 15.4 Å². The molecule has 28 heavy (non-hydrogen) atoms. The van der Waals surface area contributed by atoms with E-state index in [2.05, 4.69) is 10.6 Å². The Bertz CT molecular complexity index is 876. The van der Waals surface area contributed by atoms with Crippen molar-refractivity contribution in [1.29, 1.82) is 0 Å². The lowest BCUT2D eigenvalue weighted by Crippen LogP contribution is -2.29. The number of methoxy groups -OCH3 is 1. The van der Waals surface area contributed by atoms with Crippen molar-refractivity contribution in [2.24, 2.45) is 11.8 Å². The second-order valence-corrected chi connectivity index (χ2v) is 6.96. The molecule has 1 saturated carbocycles. The van der Waals surface area contributed by atoms with Crippen LogP contribution in [0.3, 0.4) is 0 Å². The topological polar surface area (TPSA) is 84.5 Å². The zero-order valence-electron chi connectivity index (χ0n) is 16.0. The fourth-order valence-electron chi connectivity index (χ4n) is 3.09. The summed E-state index contributed by atoms with van der Waals surface area (Å²) in [4.78, 5) is 35.8. The van der Waals surface area contributed by atoms with Crippen LogP contribution in [0.5, 0.6) is 5.75 Å². The number of carbonyl (C=O) groups excluding carboxylic acids is 3. The van der Waals surface area contributed by atoms with Crippen molar-refractivity contribution in [3.05, 3.63) is 59.7 Å². The molecule has 3 rings (SSSR count). The molecule has 0 radical (unpaired) electrons. The van der Waals surface area contributed by atoms with Crippen LogP contribution in [0.15, 0.2) is 48.5 Å². The number of amides is 2. The van der Waals surface area contributed by atoms with Crippen LogP contribution in [-0.4, -0.2) is 31.3 Å². The lowest BCUT2D eigenvalue weighted by molar-refractivity contribution is -0.125. The van der Waals surface area contributed by atoms with E-state index in [-0.39, 0.29) is 29.4 Å². The highest BCUT2D eigenvalue weighted by molar-refractivity contribution is 6.00. The molecule has 0 heterocycles. The molecule has 0 aromatic heterocycles. The van der Waals surface area contributed by atoms with Gasteiger partial charge in [-0.25, -0.2) is 0 Å². The van der Waals surface area contributed by atoms with E-state index >= 15 is 0 Å². The molecule has 0 saturated heterocycles. The Morgan fingerprint density at radius 2 is 1.75 bits per heavy atom. The minimum Gasteiger partial charge on any atom is -0.497 e. The van der Waals surface area contributed by atoms with Crippen LogP contribution in [0.25, 0.3) is 0 Å². The van der Waals surface area contributed by atoms with Gasteiger partial charge in [-0.3, -0.25) is 14.4 Å². The summed E-state index contributed by atoms with van der Waals surface area (Å²) in [5, 5.41) is 5.71. The SMILES string of the molecule is COc1cccc(CCNC(=O)C2CC2C(=O)Nc2ccc(C(C)=O)cc2)c1. The van der Waals surface area contributed by atoms with Gasteiger partial charge in [0.25, 0.3) is 0 Å². The molecule has 2 amide bonds. The first-order chi connectivity index (χ1) is 13.5.